The molecule has 0 saturated carbocycles. The number of ketones is 1. The highest BCUT2D eigenvalue weighted by atomic mass is 16.1. The summed E-state index contributed by atoms with van der Waals surface area (Å²) in [5.41, 5.74) is -0.463. The second kappa shape index (κ2) is 3.38. The van der Waals surface area contributed by atoms with Gasteiger partial charge in [-0.2, -0.15) is 0 Å². The maximum Gasteiger partial charge on any atom is 0.178 e. The van der Waals surface area contributed by atoms with Crippen molar-refractivity contribution >= 4 is 12.0 Å². The molecule has 12 heavy (non-hydrogen) atoms. The van der Waals surface area contributed by atoms with E-state index >= 15 is 0 Å². The van der Waals surface area contributed by atoms with Crippen LogP contribution in [-0.2, 0) is 4.79 Å². The van der Waals surface area contributed by atoms with Gasteiger partial charge in [-0.3, -0.25) is 9.79 Å². The van der Waals surface area contributed by atoms with Gasteiger partial charge in [-0.1, -0.05) is 20.8 Å². The Morgan fingerprint density at radius 2 is 1.50 bits per heavy atom. The smallest absolute Gasteiger partial charge is 0.178 e. The third-order valence-corrected chi connectivity index (χ3v) is 1.31. The molecule has 0 saturated heterocycles. The lowest BCUT2D eigenvalue weighted by Crippen LogP contribution is -2.23. The summed E-state index contributed by atoms with van der Waals surface area (Å²) in [4.78, 5) is 15.5. The third kappa shape index (κ3) is 5.05. The predicted octanol–water partition coefficient (Wildman–Crippen LogP) is 2.47. The van der Waals surface area contributed by atoms with Gasteiger partial charge in [0, 0.05) is 5.41 Å². The van der Waals surface area contributed by atoms with Gasteiger partial charge in [-0.05, 0) is 20.8 Å². The Hall–Kier alpha value is -0.660. The third-order valence-electron chi connectivity index (χ3n) is 1.31. The van der Waals surface area contributed by atoms with Crippen molar-refractivity contribution in [1.29, 1.82) is 0 Å². The fraction of sp³-hybridized carbons (Fsp3) is 0.800. The summed E-state index contributed by atoms with van der Waals surface area (Å²) in [5, 5.41) is 0. The van der Waals surface area contributed by atoms with Crippen LogP contribution in [0.5, 0.6) is 0 Å². The van der Waals surface area contributed by atoms with Crippen molar-refractivity contribution in [3.63, 3.8) is 0 Å². The molecule has 2 heteroatoms. The molecule has 0 spiro atoms. The molecule has 0 bridgehead atoms. The molecule has 0 aromatic rings. The number of hydrogen-bond acceptors (Lipinski definition) is 2. The fourth-order valence-electron chi connectivity index (χ4n) is 0.446. The lowest BCUT2D eigenvalue weighted by molar-refractivity contribution is -0.119. The van der Waals surface area contributed by atoms with Gasteiger partial charge < -0.3 is 0 Å². The monoisotopic (exact) mass is 169 g/mol. The minimum absolute atomic E-state index is 0.0809. The zero-order valence-corrected chi connectivity index (χ0v) is 8.93. The molecule has 0 aliphatic heterocycles. The number of aliphatic imine (C=N–C) groups is 1. The van der Waals surface area contributed by atoms with E-state index in [1.165, 1.54) is 6.21 Å². The molecule has 70 valence electrons. The molecule has 0 amide bonds. The second-order valence-electron chi connectivity index (χ2n) is 5.04. The molecule has 0 aromatic heterocycles. The van der Waals surface area contributed by atoms with Crippen molar-refractivity contribution < 1.29 is 4.79 Å². The molecule has 0 atom stereocenters. The van der Waals surface area contributed by atoms with Crippen LogP contribution in [0.25, 0.3) is 0 Å². The standard InChI is InChI=1S/C10H19NO/c1-9(2,3)8(12)7-11-10(4,5)6/h7H,1-6H3/b11-7+. The van der Waals surface area contributed by atoms with Crippen molar-refractivity contribution in [3.8, 4) is 0 Å². The predicted molar refractivity (Wildman–Crippen MR) is 52.7 cm³/mol. The summed E-state index contributed by atoms with van der Waals surface area (Å²) in [6.07, 6.45) is 1.44. The number of carbonyl (C=O) groups is 1. The molecule has 0 N–H and O–H groups in total. The van der Waals surface area contributed by atoms with Gasteiger partial charge in [0.05, 0.1) is 11.8 Å². The quantitative estimate of drug-likeness (QED) is 0.554. The van der Waals surface area contributed by atoms with E-state index in [1.807, 2.05) is 41.5 Å². The van der Waals surface area contributed by atoms with Gasteiger partial charge in [0.25, 0.3) is 0 Å². The van der Waals surface area contributed by atoms with Crippen molar-refractivity contribution in [2.45, 2.75) is 47.1 Å². The number of Topliss-reactive ketones (excluding diaryl/α,β-unsaturated/α-hetero) is 1. The topological polar surface area (TPSA) is 29.4 Å². The molecule has 2 nitrogen and oxygen atoms in total. The van der Waals surface area contributed by atoms with Crippen LogP contribution in [0, 0.1) is 5.41 Å². The molecule has 0 fully saturated rings. The number of carbonyl (C=O) groups excluding carboxylic acids is 1. The zero-order valence-electron chi connectivity index (χ0n) is 8.93. The maximum absolute atomic E-state index is 11.4. The summed E-state index contributed by atoms with van der Waals surface area (Å²) in [7, 11) is 0. The first kappa shape index (κ1) is 11.3. The van der Waals surface area contributed by atoms with Gasteiger partial charge in [0.15, 0.2) is 5.78 Å². The molecule has 0 radical (unpaired) electrons. The lowest BCUT2D eigenvalue weighted by atomic mass is 9.91. The van der Waals surface area contributed by atoms with Gasteiger partial charge in [0.1, 0.15) is 0 Å². The van der Waals surface area contributed by atoms with Crippen LogP contribution in [-0.4, -0.2) is 17.5 Å². The zero-order chi connectivity index (χ0) is 9.99. The van der Waals surface area contributed by atoms with Crippen molar-refractivity contribution in [3.05, 3.63) is 0 Å². The van der Waals surface area contributed by atoms with Crippen LogP contribution in [0.3, 0.4) is 0 Å². The van der Waals surface area contributed by atoms with E-state index in [-0.39, 0.29) is 16.7 Å². The highest BCUT2D eigenvalue weighted by Gasteiger charge is 2.19. The Kier molecular flexibility index (Phi) is 3.19. The summed E-state index contributed by atoms with van der Waals surface area (Å²) < 4.78 is 0. The molecular weight excluding hydrogens is 150 g/mol. The average Bonchev–Trinajstić information content (AvgIpc) is 1.78. The Balaban J connectivity index is 4.30. The van der Waals surface area contributed by atoms with Crippen LogP contribution < -0.4 is 0 Å². The number of nitrogens with zero attached hydrogens (tertiary/aromatic N) is 1. The van der Waals surface area contributed by atoms with E-state index in [1.54, 1.807) is 0 Å². The molecule has 0 aromatic carbocycles. The minimum Gasteiger partial charge on any atom is -0.293 e. The molecule has 0 rings (SSSR count). The van der Waals surface area contributed by atoms with E-state index < -0.39 is 0 Å². The Morgan fingerprint density at radius 3 is 1.75 bits per heavy atom. The average molecular weight is 169 g/mol. The number of hydrogen-bond donors (Lipinski definition) is 0. The molecular formula is C10H19NO. The van der Waals surface area contributed by atoms with Gasteiger partial charge in [-0.15, -0.1) is 0 Å². The van der Waals surface area contributed by atoms with Crippen molar-refractivity contribution in [2.75, 3.05) is 0 Å². The fourth-order valence-corrected chi connectivity index (χ4v) is 0.446. The highest BCUT2D eigenvalue weighted by Crippen LogP contribution is 2.14. The van der Waals surface area contributed by atoms with Gasteiger partial charge >= 0.3 is 0 Å². The van der Waals surface area contributed by atoms with Crippen LogP contribution in [0.2, 0.25) is 0 Å². The van der Waals surface area contributed by atoms with E-state index in [2.05, 4.69) is 4.99 Å². The largest absolute Gasteiger partial charge is 0.293 e. The Bertz CT molecular complexity index is 191. The normalized spacial score (nSPS) is 13.8. The van der Waals surface area contributed by atoms with E-state index in [0.29, 0.717) is 0 Å². The first-order chi connectivity index (χ1) is 5.13. The van der Waals surface area contributed by atoms with Crippen LogP contribution in [0.4, 0.5) is 0 Å². The Labute approximate surface area is 75.1 Å². The first-order valence-corrected chi connectivity index (χ1v) is 4.22. The minimum atomic E-state index is -0.311. The van der Waals surface area contributed by atoms with E-state index in [0.717, 1.165) is 0 Å². The summed E-state index contributed by atoms with van der Waals surface area (Å²) >= 11 is 0. The molecule has 0 aliphatic carbocycles. The van der Waals surface area contributed by atoms with Crippen LogP contribution in [0.1, 0.15) is 41.5 Å². The molecule has 0 aliphatic rings. The SMILES string of the molecule is CC(C)(C)/N=C/C(=O)C(C)(C)C. The van der Waals surface area contributed by atoms with Gasteiger partial charge in [-0.25, -0.2) is 0 Å². The first-order valence-electron chi connectivity index (χ1n) is 4.22. The van der Waals surface area contributed by atoms with Crippen LogP contribution in [0.15, 0.2) is 4.99 Å². The summed E-state index contributed by atoms with van der Waals surface area (Å²) in [6.45, 7) is 11.6. The summed E-state index contributed by atoms with van der Waals surface area (Å²) in [5.74, 6) is 0.0809. The van der Waals surface area contributed by atoms with E-state index in [4.69, 9.17) is 0 Å². The van der Waals surface area contributed by atoms with Crippen molar-refractivity contribution in [2.24, 2.45) is 10.4 Å². The molecule has 0 unspecified atom stereocenters. The highest BCUT2D eigenvalue weighted by molar-refractivity contribution is 6.29. The summed E-state index contributed by atoms with van der Waals surface area (Å²) in [6, 6.07) is 0. The number of rotatable bonds is 1. The maximum atomic E-state index is 11.4. The second-order valence-corrected chi connectivity index (χ2v) is 5.04. The van der Waals surface area contributed by atoms with Crippen molar-refractivity contribution in [1.82, 2.24) is 0 Å². The Morgan fingerprint density at radius 1 is 1.08 bits per heavy atom. The van der Waals surface area contributed by atoms with E-state index in [9.17, 15) is 4.79 Å². The van der Waals surface area contributed by atoms with Gasteiger partial charge in [0.2, 0.25) is 0 Å². The molecule has 0 heterocycles. The van der Waals surface area contributed by atoms with Crippen LogP contribution >= 0.6 is 0 Å². The lowest BCUT2D eigenvalue weighted by Gasteiger charge is -2.15.